The molecule has 0 unspecified atom stereocenters. The third-order valence-corrected chi connectivity index (χ3v) is 4.56. The highest BCUT2D eigenvalue weighted by atomic mass is 16.5. The Kier molecular flexibility index (Phi) is 6.85. The molecule has 2 aromatic carbocycles. The number of rotatable bonds is 8. The van der Waals surface area contributed by atoms with Crippen molar-refractivity contribution in [1.82, 2.24) is 10.2 Å². The summed E-state index contributed by atoms with van der Waals surface area (Å²) in [6, 6.07) is 16.4. The molecule has 0 aliphatic carbocycles. The standard InChI is InChI=1S/C22H28N2O3/c1-24(2)15-19-13-18(17-7-4-3-5-8-17)10-11-21(19)27-16-22(25)23-14-20-9-6-12-26-20/h3-5,7-8,10-11,13,20H,6,9,12,14-16H2,1-2H3,(H,23,25)/t20-/m1/s1. The molecule has 5 nitrogen and oxygen atoms in total. The van der Waals surface area contributed by atoms with Crippen molar-refractivity contribution >= 4 is 5.91 Å². The van der Waals surface area contributed by atoms with Crippen LogP contribution in [0.15, 0.2) is 48.5 Å². The first-order chi connectivity index (χ1) is 13.1. The van der Waals surface area contributed by atoms with Crippen LogP contribution in [-0.4, -0.2) is 50.8 Å². The molecule has 1 aliphatic heterocycles. The highest BCUT2D eigenvalue weighted by molar-refractivity contribution is 5.77. The van der Waals surface area contributed by atoms with Crippen LogP contribution in [0.4, 0.5) is 0 Å². The third kappa shape index (κ3) is 5.81. The molecule has 0 radical (unpaired) electrons. The van der Waals surface area contributed by atoms with Crippen LogP contribution in [0.5, 0.6) is 5.75 Å². The molecule has 0 bridgehead atoms. The molecule has 0 saturated carbocycles. The maximum absolute atomic E-state index is 12.1. The van der Waals surface area contributed by atoms with Crippen LogP contribution in [-0.2, 0) is 16.1 Å². The number of benzene rings is 2. The summed E-state index contributed by atoms with van der Waals surface area (Å²) in [7, 11) is 4.04. The molecular formula is C22H28N2O3. The smallest absolute Gasteiger partial charge is 0.258 e. The zero-order chi connectivity index (χ0) is 19.1. The number of amides is 1. The van der Waals surface area contributed by atoms with Crippen molar-refractivity contribution in [2.24, 2.45) is 0 Å². The predicted molar refractivity (Wildman–Crippen MR) is 107 cm³/mol. The molecule has 1 atom stereocenters. The summed E-state index contributed by atoms with van der Waals surface area (Å²) in [6.07, 6.45) is 2.22. The Hall–Kier alpha value is -2.37. The maximum Gasteiger partial charge on any atom is 0.258 e. The van der Waals surface area contributed by atoms with Gasteiger partial charge < -0.3 is 19.7 Å². The van der Waals surface area contributed by atoms with Crippen molar-refractivity contribution in [2.75, 3.05) is 33.9 Å². The average Bonchev–Trinajstić information content (AvgIpc) is 3.19. The van der Waals surface area contributed by atoms with Gasteiger partial charge in [-0.05, 0) is 50.2 Å². The van der Waals surface area contributed by atoms with E-state index in [0.29, 0.717) is 6.54 Å². The monoisotopic (exact) mass is 368 g/mol. The molecule has 1 N–H and O–H groups in total. The average molecular weight is 368 g/mol. The number of ether oxygens (including phenoxy) is 2. The normalized spacial score (nSPS) is 16.5. The Labute approximate surface area is 161 Å². The van der Waals surface area contributed by atoms with Crippen LogP contribution in [0.25, 0.3) is 11.1 Å². The maximum atomic E-state index is 12.1. The molecule has 5 heteroatoms. The van der Waals surface area contributed by atoms with E-state index < -0.39 is 0 Å². The Morgan fingerprint density at radius 1 is 1.19 bits per heavy atom. The Morgan fingerprint density at radius 3 is 2.70 bits per heavy atom. The lowest BCUT2D eigenvalue weighted by Crippen LogP contribution is -2.35. The molecule has 0 spiro atoms. The molecule has 2 aromatic rings. The number of carbonyl (C=O) groups is 1. The zero-order valence-corrected chi connectivity index (χ0v) is 16.1. The van der Waals surface area contributed by atoms with Gasteiger partial charge in [0.25, 0.3) is 5.91 Å². The first-order valence-corrected chi connectivity index (χ1v) is 9.46. The van der Waals surface area contributed by atoms with Gasteiger partial charge in [-0.15, -0.1) is 0 Å². The summed E-state index contributed by atoms with van der Waals surface area (Å²) in [5.74, 6) is 0.629. The number of nitrogens with one attached hydrogen (secondary N) is 1. The van der Waals surface area contributed by atoms with Crippen molar-refractivity contribution in [1.29, 1.82) is 0 Å². The molecule has 1 heterocycles. The van der Waals surface area contributed by atoms with Crippen LogP contribution in [0.3, 0.4) is 0 Å². The molecule has 144 valence electrons. The summed E-state index contributed by atoms with van der Waals surface area (Å²) in [4.78, 5) is 14.2. The van der Waals surface area contributed by atoms with Gasteiger partial charge in [-0.3, -0.25) is 4.79 Å². The second kappa shape index (κ2) is 9.53. The highest BCUT2D eigenvalue weighted by Gasteiger charge is 2.16. The number of nitrogens with zero attached hydrogens (tertiary/aromatic N) is 1. The van der Waals surface area contributed by atoms with Crippen LogP contribution in [0.1, 0.15) is 18.4 Å². The largest absolute Gasteiger partial charge is 0.483 e. The van der Waals surface area contributed by atoms with Gasteiger partial charge in [0.15, 0.2) is 6.61 Å². The van der Waals surface area contributed by atoms with E-state index in [-0.39, 0.29) is 18.6 Å². The number of hydrogen-bond donors (Lipinski definition) is 1. The summed E-state index contributed by atoms with van der Waals surface area (Å²) < 4.78 is 11.3. The van der Waals surface area contributed by atoms with Gasteiger partial charge in [-0.25, -0.2) is 0 Å². The summed E-state index contributed by atoms with van der Waals surface area (Å²) in [6.45, 7) is 2.10. The Bertz CT molecular complexity index is 740. The van der Waals surface area contributed by atoms with Crippen LogP contribution in [0.2, 0.25) is 0 Å². The van der Waals surface area contributed by atoms with E-state index in [9.17, 15) is 4.79 Å². The summed E-state index contributed by atoms with van der Waals surface area (Å²) >= 11 is 0. The van der Waals surface area contributed by atoms with Crippen molar-refractivity contribution in [3.8, 4) is 16.9 Å². The lowest BCUT2D eigenvalue weighted by molar-refractivity contribution is -0.123. The van der Waals surface area contributed by atoms with Crippen molar-refractivity contribution in [2.45, 2.75) is 25.5 Å². The second-order valence-corrected chi connectivity index (χ2v) is 7.15. The molecule has 1 amide bonds. The first kappa shape index (κ1) is 19.4. The molecule has 1 saturated heterocycles. The van der Waals surface area contributed by atoms with Crippen molar-refractivity contribution in [3.05, 3.63) is 54.1 Å². The number of carbonyl (C=O) groups excluding carboxylic acids is 1. The van der Waals surface area contributed by atoms with E-state index in [4.69, 9.17) is 9.47 Å². The minimum atomic E-state index is -0.117. The minimum absolute atomic E-state index is 0.0117. The topological polar surface area (TPSA) is 50.8 Å². The van der Waals surface area contributed by atoms with Crippen LogP contribution in [0, 0.1) is 0 Å². The minimum Gasteiger partial charge on any atom is -0.483 e. The highest BCUT2D eigenvalue weighted by Crippen LogP contribution is 2.27. The van der Waals surface area contributed by atoms with Crippen LogP contribution >= 0.6 is 0 Å². The summed E-state index contributed by atoms with van der Waals surface area (Å²) in [5.41, 5.74) is 3.37. The van der Waals surface area contributed by atoms with Gasteiger partial charge >= 0.3 is 0 Å². The molecular weight excluding hydrogens is 340 g/mol. The molecule has 0 aromatic heterocycles. The molecule has 27 heavy (non-hydrogen) atoms. The van der Waals surface area contributed by atoms with Gasteiger partial charge in [0, 0.05) is 25.3 Å². The fourth-order valence-electron chi connectivity index (χ4n) is 3.22. The predicted octanol–water partition coefficient (Wildman–Crippen LogP) is 3.09. The number of hydrogen-bond acceptors (Lipinski definition) is 4. The van der Waals surface area contributed by atoms with E-state index in [1.165, 1.54) is 5.56 Å². The van der Waals surface area contributed by atoms with Crippen LogP contribution < -0.4 is 10.1 Å². The fourth-order valence-corrected chi connectivity index (χ4v) is 3.22. The lowest BCUT2D eigenvalue weighted by Gasteiger charge is -2.17. The lowest BCUT2D eigenvalue weighted by atomic mass is 10.0. The molecule has 1 fully saturated rings. The third-order valence-electron chi connectivity index (χ3n) is 4.56. The van der Waals surface area contributed by atoms with E-state index in [0.717, 1.165) is 42.9 Å². The zero-order valence-electron chi connectivity index (χ0n) is 16.1. The van der Waals surface area contributed by atoms with Crippen molar-refractivity contribution < 1.29 is 14.3 Å². The Balaban J connectivity index is 1.63. The van der Waals surface area contributed by atoms with Gasteiger partial charge in [0.2, 0.25) is 0 Å². The van der Waals surface area contributed by atoms with E-state index >= 15 is 0 Å². The van der Waals surface area contributed by atoms with Gasteiger partial charge in [-0.1, -0.05) is 36.4 Å². The molecule has 1 aliphatic rings. The second-order valence-electron chi connectivity index (χ2n) is 7.15. The van der Waals surface area contributed by atoms with Gasteiger partial charge in [-0.2, -0.15) is 0 Å². The van der Waals surface area contributed by atoms with E-state index in [1.807, 2.05) is 44.4 Å². The van der Waals surface area contributed by atoms with Gasteiger partial charge in [0.1, 0.15) is 5.75 Å². The Morgan fingerprint density at radius 2 is 2.00 bits per heavy atom. The first-order valence-electron chi connectivity index (χ1n) is 9.46. The fraction of sp³-hybridized carbons (Fsp3) is 0.409. The van der Waals surface area contributed by atoms with Gasteiger partial charge in [0.05, 0.1) is 6.10 Å². The molecule has 3 rings (SSSR count). The quantitative estimate of drug-likeness (QED) is 0.778. The summed E-state index contributed by atoms with van der Waals surface area (Å²) in [5, 5.41) is 2.89. The van der Waals surface area contributed by atoms with E-state index in [2.05, 4.69) is 28.4 Å². The van der Waals surface area contributed by atoms with Crippen molar-refractivity contribution in [3.63, 3.8) is 0 Å². The SMILES string of the molecule is CN(C)Cc1cc(-c2ccccc2)ccc1OCC(=O)NC[C@H]1CCCO1. The van der Waals surface area contributed by atoms with E-state index in [1.54, 1.807) is 0 Å².